The normalized spacial score (nSPS) is 24.0. The first-order chi connectivity index (χ1) is 13.1. The highest BCUT2D eigenvalue weighted by Gasteiger charge is 2.48. The predicted molar refractivity (Wildman–Crippen MR) is 103 cm³/mol. The zero-order valence-electron chi connectivity index (χ0n) is 14.7. The number of amides is 1. The molecule has 2 aromatic rings. The van der Waals surface area contributed by atoms with E-state index in [1.807, 2.05) is 24.3 Å². The Bertz CT molecular complexity index is 889. The van der Waals surface area contributed by atoms with Gasteiger partial charge >= 0.3 is 0 Å². The standard InChI is InChI=1S/C18H19N5O3S/c1-25-15-9-20-13(8-21-15)16(24)22-12-4-2-3-11(7-12)18-5-6-26-14(18)10-27-17(19)23-18/h2-4,7-9,14H,5-6,10H2,1H3,(H2,19,23)(H,22,24)/t14-,18+/m0/s1. The number of anilines is 1. The third kappa shape index (κ3) is 3.35. The number of rotatable bonds is 4. The van der Waals surface area contributed by atoms with Crippen molar-refractivity contribution in [2.45, 2.75) is 18.1 Å². The largest absolute Gasteiger partial charge is 0.480 e. The molecule has 2 atom stereocenters. The lowest BCUT2D eigenvalue weighted by Crippen LogP contribution is -2.41. The summed E-state index contributed by atoms with van der Waals surface area (Å²) < 4.78 is 10.8. The van der Waals surface area contributed by atoms with Crippen LogP contribution in [0.2, 0.25) is 0 Å². The van der Waals surface area contributed by atoms with E-state index in [1.165, 1.54) is 31.3 Å². The van der Waals surface area contributed by atoms with Crippen LogP contribution in [-0.2, 0) is 10.3 Å². The van der Waals surface area contributed by atoms with Crippen molar-refractivity contribution in [1.82, 2.24) is 9.97 Å². The lowest BCUT2D eigenvalue weighted by Gasteiger charge is -2.34. The molecular weight excluding hydrogens is 366 g/mol. The number of hydrogen-bond acceptors (Lipinski definition) is 8. The fourth-order valence-corrected chi connectivity index (χ4v) is 4.28. The van der Waals surface area contributed by atoms with Gasteiger partial charge in [0, 0.05) is 24.5 Å². The fourth-order valence-electron chi connectivity index (χ4n) is 3.35. The second kappa shape index (κ2) is 7.16. The number of nitrogens with one attached hydrogen (secondary N) is 1. The zero-order valence-corrected chi connectivity index (χ0v) is 15.5. The number of carbonyl (C=O) groups excluding carboxylic acids is 1. The van der Waals surface area contributed by atoms with Crippen LogP contribution in [0.15, 0.2) is 41.7 Å². The number of aromatic nitrogens is 2. The van der Waals surface area contributed by atoms with Gasteiger partial charge in [0.2, 0.25) is 5.88 Å². The molecule has 0 bridgehead atoms. The van der Waals surface area contributed by atoms with Crippen molar-refractivity contribution in [3.8, 4) is 5.88 Å². The molecule has 4 rings (SSSR count). The molecule has 9 heteroatoms. The molecule has 1 aromatic heterocycles. The summed E-state index contributed by atoms with van der Waals surface area (Å²) in [6.07, 6.45) is 3.52. The third-order valence-corrected chi connectivity index (χ3v) is 5.57. The zero-order chi connectivity index (χ0) is 18.9. The number of nitrogens with two attached hydrogens (primary N) is 1. The summed E-state index contributed by atoms with van der Waals surface area (Å²) in [6.45, 7) is 0.639. The van der Waals surface area contributed by atoms with Crippen LogP contribution < -0.4 is 15.8 Å². The molecule has 27 heavy (non-hydrogen) atoms. The Balaban J connectivity index is 1.59. The molecule has 1 saturated heterocycles. The number of carbonyl (C=O) groups is 1. The van der Waals surface area contributed by atoms with Gasteiger partial charge in [0.05, 0.1) is 25.6 Å². The Morgan fingerprint density at radius 1 is 1.41 bits per heavy atom. The number of amidine groups is 1. The summed E-state index contributed by atoms with van der Waals surface area (Å²) in [4.78, 5) is 25.2. The highest BCUT2D eigenvalue weighted by Crippen LogP contribution is 2.44. The second-order valence-corrected chi connectivity index (χ2v) is 7.31. The number of hydrogen-bond donors (Lipinski definition) is 2. The molecule has 1 aromatic carbocycles. The van der Waals surface area contributed by atoms with Crippen molar-refractivity contribution in [2.75, 3.05) is 24.8 Å². The lowest BCUT2D eigenvalue weighted by atomic mass is 9.84. The maximum atomic E-state index is 12.4. The molecule has 8 nitrogen and oxygen atoms in total. The molecule has 0 saturated carbocycles. The van der Waals surface area contributed by atoms with Crippen LogP contribution in [-0.4, -0.2) is 46.6 Å². The monoisotopic (exact) mass is 385 g/mol. The molecule has 0 spiro atoms. The van der Waals surface area contributed by atoms with E-state index in [1.54, 1.807) is 0 Å². The van der Waals surface area contributed by atoms with E-state index in [-0.39, 0.29) is 17.7 Å². The highest BCUT2D eigenvalue weighted by molar-refractivity contribution is 8.13. The van der Waals surface area contributed by atoms with Gasteiger partial charge in [0.15, 0.2) is 5.17 Å². The molecule has 3 N–H and O–H groups in total. The molecule has 0 radical (unpaired) electrons. The van der Waals surface area contributed by atoms with Crippen molar-refractivity contribution in [1.29, 1.82) is 0 Å². The van der Waals surface area contributed by atoms with Crippen LogP contribution in [0.1, 0.15) is 22.5 Å². The summed E-state index contributed by atoms with van der Waals surface area (Å²) in [6, 6.07) is 7.63. The quantitative estimate of drug-likeness (QED) is 0.825. The van der Waals surface area contributed by atoms with Crippen molar-refractivity contribution >= 4 is 28.5 Å². The number of benzene rings is 1. The Labute approximate surface area is 160 Å². The van der Waals surface area contributed by atoms with Gasteiger partial charge in [-0.3, -0.25) is 4.79 Å². The van der Waals surface area contributed by atoms with Crippen molar-refractivity contribution in [3.63, 3.8) is 0 Å². The van der Waals surface area contributed by atoms with Crippen LogP contribution in [0, 0.1) is 0 Å². The Kier molecular flexibility index (Phi) is 4.71. The van der Waals surface area contributed by atoms with Crippen LogP contribution in [0.5, 0.6) is 5.88 Å². The molecule has 1 fully saturated rings. The van der Waals surface area contributed by atoms with E-state index in [2.05, 4.69) is 15.3 Å². The predicted octanol–water partition coefficient (Wildman–Crippen LogP) is 1.78. The van der Waals surface area contributed by atoms with E-state index in [4.69, 9.17) is 20.2 Å². The molecule has 1 amide bonds. The van der Waals surface area contributed by atoms with Gasteiger partial charge in [-0.1, -0.05) is 23.9 Å². The van der Waals surface area contributed by atoms with Gasteiger partial charge < -0.3 is 20.5 Å². The van der Waals surface area contributed by atoms with E-state index in [9.17, 15) is 4.79 Å². The summed E-state index contributed by atoms with van der Waals surface area (Å²) in [7, 11) is 1.49. The first kappa shape index (κ1) is 17.7. The third-order valence-electron chi connectivity index (χ3n) is 4.72. The number of nitrogens with zero attached hydrogens (tertiary/aromatic N) is 3. The summed E-state index contributed by atoms with van der Waals surface area (Å²) >= 11 is 1.51. The minimum atomic E-state index is -0.490. The SMILES string of the molecule is COc1cnc(C(=O)Nc2cccc([C@]34CCO[C@H]3CSC(N)=N4)c2)cn1. The minimum Gasteiger partial charge on any atom is -0.480 e. The van der Waals surface area contributed by atoms with E-state index < -0.39 is 5.54 Å². The van der Waals surface area contributed by atoms with Crippen LogP contribution in [0.25, 0.3) is 0 Å². The van der Waals surface area contributed by atoms with Gasteiger partial charge in [-0.2, -0.15) is 0 Å². The Morgan fingerprint density at radius 3 is 3.07 bits per heavy atom. The maximum absolute atomic E-state index is 12.4. The number of thioether (sulfide) groups is 1. The summed E-state index contributed by atoms with van der Waals surface area (Å²) in [5, 5.41) is 3.42. The average Bonchev–Trinajstić information content (AvgIpc) is 3.12. The van der Waals surface area contributed by atoms with E-state index in [0.29, 0.717) is 23.3 Å². The lowest BCUT2D eigenvalue weighted by molar-refractivity contribution is 0.0989. The van der Waals surface area contributed by atoms with Crippen LogP contribution in [0.3, 0.4) is 0 Å². The van der Waals surface area contributed by atoms with Gasteiger partial charge in [-0.25, -0.2) is 15.0 Å². The smallest absolute Gasteiger partial charge is 0.275 e. The second-order valence-electron chi connectivity index (χ2n) is 6.27. The number of fused-ring (bicyclic) bond motifs is 1. The molecule has 140 valence electrons. The van der Waals surface area contributed by atoms with Crippen molar-refractivity contribution in [3.05, 3.63) is 47.9 Å². The maximum Gasteiger partial charge on any atom is 0.275 e. The Morgan fingerprint density at radius 2 is 2.30 bits per heavy atom. The fraction of sp³-hybridized carbons (Fsp3) is 0.333. The molecule has 0 aliphatic carbocycles. The number of methoxy groups -OCH3 is 1. The Hall–Kier alpha value is -2.65. The molecule has 2 aliphatic heterocycles. The number of aliphatic imine (C=N–C) groups is 1. The van der Waals surface area contributed by atoms with Crippen molar-refractivity contribution in [2.24, 2.45) is 10.7 Å². The molecule has 3 heterocycles. The van der Waals surface area contributed by atoms with Gasteiger partial charge in [0.1, 0.15) is 11.2 Å². The molecule has 0 unspecified atom stereocenters. The average molecular weight is 385 g/mol. The van der Waals surface area contributed by atoms with E-state index in [0.717, 1.165) is 17.7 Å². The minimum absolute atomic E-state index is 0.0202. The molecule has 2 aliphatic rings. The van der Waals surface area contributed by atoms with Crippen LogP contribution in [0.4, 0.5) is 5.69 Å². The van der Waals surface area contributed by atoms with Crippen LogP contribution >= 0.6 is 11.8 Å². The first-order valence-corrected chi connectivity index (χ1v) is 9.47. The summed E-state index contributed by atoms with van der Waals surface area (Å²) in [5.41, 5.74) is 7.34. The van der Waals surface area contributed by atoms with Gasteiger partial charge in [0.25, 0.3) is 5.91 Å². The van der Waals surface area contributed by atoms with Gasteiger partial charge in [-0.05, 0) is 17.7 Å². The summed E-state index contributed by atoms with van der Waals surface area (Å²) in [5.74, 6) is 0.777. The van der Waals surface area contributed by atoms with Crippen molar-refractivity contribution < 1.29 is 14.3 Å². The topological polar surface area (TPSA) is 112 Å². The highest BCUT2D eigenvalue weighted by atomic mass is 32.2. The van der Waals surface area contributed by atoms with Gasteiger partial charge in [-0.15, -0.1) is 0 Å². The first-order valence-electron chi connectivity index (χ1n) is 8.48. The molecular formula is C18H19N5O3S. The van der Waals surface area contributed by atoms with E-state index >= 15 is 0 Å². The number of ether oxygens (including phenoxy) is 2.